The van der Waals surface area contributed by atoms with Crippen LogP contribution in [0.1, 0.15) is 17.7 Å². The molecule has 2 aromatic rings. The first-order valence-corrected chi connectivity index (χ1v) is 6.98. The Morgan fingerprint density at radius 1 is 1.33 bits per heavy atom. The molecule has 0 fully saturated rings. The number of aromatic nitrogens is 2. The van der Waals surface area contributed by atoms with E-state index in [2.05, 4.69) is 5.10 Å². The SMILES string of the molecule is CC(N)C(Sc1ccc(Cl)cc1)c1cnn(C)c1. The van der Waals surface area contributed by atoms with Gasteiger partial charge in [-0.3, -0.25) is 4.68 Å². The molecule has 0 amide bonds. The molecule has 3 nitrogen and oxygen atoms in total. The highest BCUT2D eigenvalue weighted by Crippen LogP contribution is 2.37. The lowest BCUT2D eigenvalue weighted by molar-refractivity contribution is 0.718. The molecule has 0 spiro atoms. The van der Waals surface area contributed by atoms with E-state index in [1.165, 1.54) is 0 Å². The first-order valence-electron chi connectivity index (χ1n) is 5.72. The number of rotatable bonds is 4. The fourth-order valence-corrected chi connectivity index (χ4v) is 2.91. The summed E-state index contributed by atoms with van der Waals surface area (Å²) in [6, 6.07) is 7.86. The molecule has 2 unspecified atom stereocenters. The zero-order valence-electron chi connectivity index (χ0n) is 10.4. The minimum Gasteiger partial charge on any atom is -0.327 e. The van der Waals surface area contributed by atoms with E-state index in [0.29, 0.717) is 0 Å². The molecule has 0 saturated heterocycles. The Bertz CT molecular complexity index is 507. The van der Waals surface area contributed by atoms with E-state index in [1.807, 2.05) is 50.6 Å². The molecule has 1 heterocycles. The third-order valence-electron chi connectivity index (χ3n) is 2.61. The van der Waals surface area contributed by atoms with Crippen LogP contribution in [0.4, 0.5) is 0 Å². The lowest BCUT2D eigenvalue weighted by atomic mass is 10.1. The molecule has 0 aliphatic carbocycles. The standard InChI is InChI=1S/C13H16ClN3S/c1-9(15)13(10-7-16-17(2)8-10)18-12-5-3-11(14)4-6-12/h3-9,13H,15H2,1-2H3. The van der Waals surface area contributed by atoms with Crippen LogP contribution in [0.15, 0.2) is 41.6 Å². The van der Waals surface area contributed by atoms with E-state index >= 15 is 0 Å². The van der Waals surface area contributed by atoms with Crippen molar-refractivity contribution in [2.75, 3.05) is 0 Å². The van der Waals surface area contributed by atoms with E-state index < -0.39 is 0 Å². The molecule has 0 bridgehead atoms. The van der Waals surface area contributed by atoms with Crippen LogP contribution in [0.5, 0.6) is 0 Å². The van der Waals surface area contributed by atoms with Gasteiger partial charge in [0, 0.05) is 34.8 Å². The van der Waals surface area contributed by atoms with Crippen LogP contribution in [0.25, 0.3) is 0 Å². The number of halogens is 1. The van der Waals surface area contributed by atoms with Crippen molar-refractivity contribution in [3.05, 3.63) is 47.2 Å². The van der Waals surface area contributed by atoms with E-state index in [-0.39, 0.29) is 11.3 Å². The lowest BCUT2D eigenvalue weighted by Gasteiger charge is -2.18. The normalized spacial score (nSPS) is 14.4. The molecule has 96 valence electrons. The molecule has 2 atom stereocenters. The average Bonchev–Trinajstić information content (AvgIpc) is 2.74. The Morgan fingerprint density at radius 2 is 2.00 bits per heavy atom. The van der Waals surface area contributed by atoms with Gasteiger partial charge in [0.25, 0.3) is 0 Å². The summed E-state index contributed by atoms with van der Waals surface area (Å²) in [6.07, 6.45) is 3.88. The summed E-state index contributed by atoms with van der Waals surface area (Å²) in [7, 11) is 1.91. The molecule has 0 radical (unpaired) electrons. The molecular formula is C13H16ClN3S. The lowest BCUT2D eigenvalue weighted by Crippen LogP contribution is -2.22. The van der Waals surface area contributed by atoms with Gasteiger partial charge in [-0.25, -0.2) is 0 Å². The Labute approximate surface area is 116 Å². The molecule has 18 heavy (non-hydrogen) atoms. The van der Waals surface area contributed by atoms with Crippen LogP contribution in [0.2, 0.25) is 5.02 Å². The Morgan fingerprint density at radius 3 is 2.50 bits per heavy atom. The van der Waals surface area contributed by atoms with Gasteiger partial charge in [-0.2, -0.15) is 5.10 Å². The molecule has 1 aromatic carbocycles. The van der Waals surface area contributed by atoms with Crippen LogP contribution >= 0.6 is 23.4 Å². The maximum atomic E-state index is 6.07. The highest BCUT2D eigenvalue weighted by atomic mass is 35.5. The second-order valence-electron chi connectivity index (χ2n) is 4.30. The zero-order valence-corrected chi connectivity index (χ0v) is 11.9. The number of hydrogen-bond donors (Lipinski definition) is 1. The molecule has 2 N–H and O–H groups in total. The highest BCUT2D eigenvalue weighted by Gasteiger charge is 2.19. The first kappa shape index (κ1) is 13.5. The average molecular weight is 282 g/mol. The quantitative estimate of drug-likeness (QED) is 0.875. The van der Waals surface area contributed by atoms with Gasteiger partial charge in [-0.15, -0.1) is 11.8 Å². The number of nitrogens with two attached hydrogens (primary N) is 1. The van der Waals surface area contributed by atoms with E-state index in [1.54, 1.807) is 16.4 Å². The van der Waals surface area contributed by atoms with Crippen LogP contribution in [-0.4, -0.2) is 15.8 Å². The van der Waals surface area contributed by atoms with Crippen LogP contribution in [0, 0.1) is 0 Å². The second-order valence-corrected chi connectivity index (χ2v) is 5.95. The fourth-order valence-electron chi connectivity index (χ4n) is 1.73. The van der Waals surface area contributed by atoms with E-state index in [4.69, 9.17) is 17.3 Å². The van der Waals surface area contributed by atoms with Crippen molar-refractivity contribution in [2.45, 2.75) is 23.1 Å². The number of hydrogen-bond acceptors (Lipinski definition) is 3. The Kier molecular flexibility index (Phi) is 4.32. The van der Waals surface area contributed by atoms with Crippen molar-refractivity contribution in [1.82, 2.24) is 9.78 Å². The van der Waals surface area contributed by atoms with Gasteiger partial charge in [0.2, 0.25) is 0 Å². The van der Waals surface area contributed by atoms with Crippen molar-refractivity contribution in [3.8, 4) is 0 Å². The summed E-state index contributed by atoms with van der Waals surface area (Å²) < 4.78 is 1.80. The van der Waals surface area contributed by atoms with Gasteiger partial charge >= 0.3 is 0 Å². The summed E-state index contributed by atoms with van der Waals surface area (Å²) in [4.78, 5) is 1.16. The van der Waals surface area contributed by atoms with Crippen molar-refractivity contribution in [3.63, 3.8) is 0 Å². The Hall–Kier alpha value is -0.970. The van der Waals surface area contributed by atoms with Gasteiger partial charge in [0.1, 0.15) is 0 Å². The summed E-state index contributed by atoms with van der Waals surface area (Å²) in [5.74, 6) is 0. The summed E-state index contributed by atoms with van der Waals surface area (Å²) in [5.41, 5.74) is 7.22. The van der Waals surface area contributed by atoms with Gasteiger partial charge < -0.3 is 5.73 Å². The smallest absolute Gasteiger partial charge is 0.0533 e. The number of aryl methyl sites for hydroxylation is 1. The molecule has 0 aliphatic heterocycles. The molecule has 0 saturated carbocycles. The summed E-state index contributed by atoms with van der Waals surface area (Å²) >= 11 is 7.62. The molecule has 5 heteroatoms. The number of thioether (sulfide) groups is 1. The maximum Gasteiger partial charge on any atom is 0.0533 e. The van der Waals surface area contributed by atoms with Crippen LogP contribution in [0.3, 0.4) is 0 Å². The second kappa shape index (κ2) is 5.78. The monoisotopic (exact) mass is 281 g/mol. The minimum atomic E-state index is 0.0508. The van der Waals surface area contributed by atoms with Crippen LogP contribution in [-0.2, 0) is 7.05 Å². The maximum absolute atomic E-state index is 6.07. The third kappa shape index (κ3) is 3.28. The minimum absolute atomic E-state index is 0.0508. The van der Waals surface area contributed by atoms with E-state index in [0.717, 1.165) is 15.5 Å². The van der Waals surface area contributed by atoms with Crippen molar-refractivity contribution >= 4 is 23.4 Å². The van der Waals surface area contributed by atoms with Gasteiger partial charge in [-0.1, -0.05) is 11.6 Å². The first-order chi connectivity index (χ1) is 8.56. The molecule has 0 aliphatic rings. The van der Waals surface area contributed by atoms with Gasteiger partial charge in [-0.05, 0) is 31.2 Å². The highest BCUT2D eigenvalue weighted by molar-refractivity contribution is 7.99. The molecule has 2 rings (SSSR count). The summed E-state index contributed by atoms with van der Waals surface area (Å²) in [6.45, 7) is 2.01. The fraction of sp³-hybridized carbons (Fsp3) is 0.308. The topological polar surface area (TPSA) is 43.8 Å². The molecule has 1 aromatic heterocycles. The van der Waals surface area contributed by atoms with Crippen molar-refractivity contribution in [1.29, 1.82) is 0 Å². The van der Waals surface area contributed by atoms with Gasteiger partial charge in [0.15, 0.2) is 0 Å². The number of nitrogens with zero attached hydrogens (tertiary/aromatic N) is 2. The predicted octanol–water partition coefficient (Wildman–Crippen LogP) is 3.25. The summed E-state index contributed by atoms with van der Waals surface area (Å²) in [5, 5.41) is 5.14. The predicted molar refractivity (Wildman–Crippen MR) is 76.9 cm³/mol. The van der Waals surface area contributed by atoms with Crippen molar-refractivity contribution in [2.24, 2.45) is 12.8 Å². The van der Waals surface area contributed by atoms with Gasteiger partial charge in [0.05, 0.1) is 11.4 Å². The largest absolute Gasteiger partial charge is 0.327 e. The number of benzene rings is 1. The van der Waals surface area contributed by atoms with Crippen molar-refractivity contribution < 1.29 is 0 Å². The Balaban J connectivity index is 2.19. The van der Waals surface area contributed by atoms with Crippen LogP contribution < -0.4 is 5.73 Å². The van der Waals surface area contributed by atoms with E-state index in [9.17, 15) is 0 Å². The zero-order chi connectivity index (χ0) is 13.1. The third-order valence-corrected chi connectivity index (χ3v) is 4.36. The molecular weight excluding hydrogens is 266 g/mol.